The molecular formula is C21H20N2O3. The first-order chi connectivity index (χ1) is 12.5. The second-order valence-electron chi connectivity index (χ2n) is 7.04. The molecule has 2 aromatic rings. The molecule has 1 atom stereocenters. The lowest BCUT2D eigenvalue weighted by atomic mass is 10.0. The zero-order valence-corrected chi connectivity index (χ0v) is 14.6. The van der Waals surface area contributed by atoms with E-state index in [1.807, 2.05) is 31.2 Å². The number of nitrogens with zero attached hydrogens (tertiary/aromatic N) is 1. The Kier molecular flexibility index (Phi) is 4.07. The molecule has 2 aromatic carbocycles. The van der Waals surface area contributed by atoms with Gasteiger partial charge in [-0.3, -0.25) is 19.3 Å². The molecule has 1 heterocycles. The van der Waals surface area contributed by atoms with Gasteiger partial charge in [0.05, 0.1) is 17.2 Å². The van der Waals surface area contributed by atoms with Crippen molar-refractivity contribution in [3.8, 4) is 0 Å². The van der Waals surface area contributed by atoms with Crippen LogP contribution in [0, 0.1) is 12.8 Å². The maximum atomic E-state index is 12.6. The normalized spacial score (nSPS) is 17.2. The first-order valence-corrected chi connectivity index (χ1v) is 8.86. The van der Waals surface area contributed by atoms with Gasteiger partial charge in [-0.15, -0.1) is 0 Å². The largest absolute Gasteiger partial charge is 0.347 e. The summed E-state index contributed by atoms with van der Waals surface area (Å²) in [4.78, 5) is 38.4. The lowest BCUT2D eigenvalue weighted by Crippen LogP contribution is -2.42. The molecule has 1 fully saturated rings. The Morgan fingerprint density at radius 3 is 2.15 bits per heavy atom. The van der Waals surface area contributed by atoms with E-state index in [0.717, 1.165) is 23.3 Å². The van der Waals surface area contributed by atoms with Crippen LogP contribution in [-0.2, 0) is 4.79 Å². The van der Waals surface area contributed by atoms with Crippen LogP contribution < -0.4 is 5.32 Å². The third-order valence-corrected chi connectivity index (χ3v) is 5.03. The number of amides is 3. The highest BCUT2D eigenvalue weighted by Gasteiger charge is 2.38. The highest BCUT2D eigenvalue weighted by Crippen LogP contribution is 2.41. The molecule has 4 rings (SSSR count). The molecule has 3 amide bonds. The Morgan fingerprint density at radius 2 is 1.62 bits per heavy atom. The fourth-order valence-electron chi connectivity index (χ4n) is 3.42. The first-order valence-electron chi connectivity index (χ1n) is 8.86. The summed E-state index contributed by atoms with van der Waals surface area (Å²) in [5, 5.41) is 3.02. The standard InChI is InChI=1S/C21H20N2O3/c1-13-6-8-14(9-7-13)19(15-10-11-15)22-18(24)12-23-20(25)16-4-2-3-5-17(16)21(23)26/h2-9,15,19H,10-12H2,1H3,(H,22,24). The minimum absolute atomic E-state index is 0.0710. The molecule has 26 heavy (non-hydrogen) atoms. The fourth-order valence-corrected chi connectivity index (χ4v) is 3.42. The van der Waals surface area contributed by atoms with Crippen molar-refractivity contribution in [2.75, 3.05) is 6.54 Å². The van der Waals surface area contributed by atoms with Crippen LogP contribution in [-0.4, -0.2) is 29.2 Å². The second kappa shape index (κ2) is 6.41. The number of aryl methyl sites for hydroxylation is 1. The van der Waals surface area contributed by atoms with Gasteiger partial charge in [0.25, 0.3) is 11.8 Å². The van der Waals surface area contributed by atoms with Gasteiger partial charge in [-0.1, -0.05) is 42.0 Å². The SMILES string of the molecule is Cc1ccc(C(NC(=O)CN2C(=O)c3ccccc3C2=O)C2CC2)cc1. The van der Waals surface area contributed by atoms with Gasteiger partial charge in [0.1, 0.15) is 6.54 Å². The van der Waals surface area contributed by atoms with Crippen LogP contribution in [0.4, 0.5) is 0 Å². The zero-order chi connectivity index (χ0) is 18.3. The Balaban J connectivity index is 1.47. The Labute approximate surface area is 152 Å². The highest BCUT2D eigenvalue weighted by atomic mass is 16.2. The number of benzene rings is 2. The summed E-state index contributed by atoms with van der Waals surface area (Å²) >= 11 is 0. The Hall–Kier alpha value is -2.95. The summed E-state index contributed by atoms with van der Waals surface area (Å²) in [6, 6.07) is 14.7. The van der Waals surface area contributed by atoms with E-state index in [0.29, 0.717) is 17.0 Å². The molecule has 0 radical (unpaired) electrons. The van der Waals surface area contributed by atoms with E-state index >= 15 is 0 Å². The lowest BCUT2D eigenvalue weighted by Gasteiger charge is -2.21. The maximum absolute atomic E-state index is 12.6. The van der Waals surface area contributed by atoms with Gasteiger partial charge >= 0.3 is 0 Å². The predicted octanol–water partition coefficient (Wildman–Crippen LogP) is 2.86. The highest BCUT2D eigenvalue weighted by molar-refractivity contribution is 6.22. The fraction of sp³-hybridized carbons (Fsp3) is 0.286. The van der Waals surface area contributed by atoms with Crippen molar-refractivity contribution < 1.29 is 14.4 Å². The second-order valence-corrected chi connectivity index (χ2v) is 7.04. The number of fused-ring (bicyclic) bond motifs is 1. The number of carbonyl (C=O) groups is 3. The van der Waals surface area contributed by atoms with Crippen LogP contribution in [0.5, 0.6) is 0 Å². The molecule has 2 aliphatic rings. The monoisotopic (exact) mass is 348 g/mol. The van der Waals surface area contributed by atoms with Crippen LogP contribution in [0.3, 0.4) is 0 Å². The van der Waals surface area contributed by atoms with Crippen LogP contribution >= 0.6 is 0 Å². The summed E-state index contributed by atoms with van der Waals surface area (Å²) in [6.45, 7) is 1.78. The van der Waals surface area contributed by atoms with Gasteiger partial charge in [0.15, 0.2) is 0 Å². The molecule has 1 N–H and O–H groups in total. The molecular weight excluding hydrogens is 328 g/mol. The van der Waals surface area contributed by atoms with Gasteiger partial charge in [-0.2, -0.15) is 0 Å². The lowest BCUT2D eigenvalue weighted by molar-refractivity contribution is -0.122. The Morgan fingerprint density at radius 1 is 1.04 bits per heavy atom. The number of hydrogen-bond donors (Lipinski definition) is 1. The molecule has 1 unspecified atom stereocenters. The van der Waals surface area contributed by atoms with Gasteiger partial charge in [-0.25, -0.2) is 0 Å². The van der Waals surface area contributed by atoms with E-state index in [4.69, 9.17) is 0 Å². The van der Waals surface area contributed by atoms with Crippen molar-refractivity contribution in [3.63, 3.8) is 0 Å². The van der Waals surface area contributed by atoms with E-state index in [1.165, 1.54) is 5.56 Å². The molecule has 5 heteroatoms. The molecule has 1 aliphatic carbocycles. The average Bonchev–Trinajstić information content (AvgIpc) is 3.46. The third-order valence-electron chi connectivity index (χ3n) is 5.03. The molecule has 0 spiro atoms. The molecule has 0 bridgehead atoms. The molecule has 5 nitrogen and oxygen atoms in total. The quantitative estimate of drug-likeness (QED) is 0.845. The van der Waals surface area contributed by atoms with E-state index < -0.39 is 11.8 Å². The van der Waals surface area contributed by atoms with Crippen molar-refractivity contribution in [1.29, 1.82) is 0 Å². The van der Waals surface area contributed by atoms with Crippen LogP contribution in [0.2, 0.25) is 0 Å². The summed E-state index contributed by atoms with van der Waals surface area (Å²) in [6.07, 6.45) is 2.15. The van der Waals surface area contributed by atoms with Crippen molar-refractivity contribution in [1.82, 2.24) is 10.2 Å². The average molecular weight is 348 g/mol. The summed E-state index contributed by atoms with van der Waals surface area (Å²) in [5.74, 6) is -0.695. The number of hydrogen-bond acceptors (Lipinski definition) is 3. The van der Waals surface area contributed by atoms with Crippen molar-refractivity contribution in [2.45, 2.75) is 25.8 Å². The summed E-state index contributed by atoms with van der Waals surface area (Å²) in [7, 11) is 0. The predicted molar refractivity (Wildman–Crippen MR) is 96.6 cm³/mol. The van der Waals surface area contributed by atoms with E-state index in [2.05, 4.69) is 5.32 Å². The van der Waals surface area contributed by atoms with E-state index in [9.17, 15) is 14.4 Å². The van der Waals surface area contributed by atoms with Gasteiger partial charge in [0.2, 0.25) is 5.91 Å². The van der Waals surface area contributed by atoms with Gasteiger partial charge < -0.3 is 5.32 Å². The minimum atomic E-state index is -0.404. The number of carbonyl (C=O) groups excluding carboxylic acids is 3. The van der Waals surface area contributed by atoms with Crippen molar-refractivity contribution >= 4 is 17.7 Å². The molecule has 132 valence electrons. The van der Waals surface area contributed by atoms with Crippen molar-refractivity contribution in [3.05, 3.63) is 70.8 Å². The van der Waals surface area contributed by atoms with Gasteiger partial charge in [-0.05, 0) is 43.4 Å². The summed E-state index contributed by atoms with van der Waals surface area (Å²) < 4.78 is 0. The topological polar surface area (TPSA) is 66.5 Å². The Bertz CT molecular complexity index is 849. The maximum Gasteiger partial charge on any atom is 0.262 e. The van der Waals surface area contributed by atoms with Gasteiger partial charge in [0, 0.05) is 0 Å². The summed E-state index contributed by atoms with van der Waals surface area (Å²) in [5.41, 5.74) is 2.96. The number of nitrogens with one attached hydrogen (secondary N) is 1. The molecule has 1 saturated carbocycles. The number of rotatable bonds is 5. The molecule has 0 aromatic heterocycles. The molecule has 0 saturated heterocycles. The van der Waals surface area contributed by atoms with E-state index in [-0.39, 0.29) is 18.5 Å². The molecule has 1 aliphatic heterocycles. The van der Waals surface area contributed by atoms with Crippen molar-refractivity contribution in [2.24, 2.45) is 5.92 Å². The smallest absolute Gasteiger partial charge is 0.262 e. The van der Waals surface area contributed by atoms with Crippen LogP contribution in [0.25, 0.3) is 0 Å². The number of imide groups is 1. The minimum Gasteiger partial charge on any atom is -0.347 e. The van der Waals surface area contributed by atoms with E-state index in [1.54, 1.807) is 24.3 Å². The first kappa shape index (κ1) is 16.5. The zero-order valence-electron chi connectivity index (χ0n) is 14.6. The van der Waals surface area contributed by atoms with Crippen LogP contribution in [0.15, 0.2) is 48.5 Å². The third kappa shape index (κ3) is 3.01. The van der Waals surface area contributed by atoms with Crippen LogP contribution in [0.1, 0.15) is 50.7 Å².